The molecule has 0 spiro atoms. The van der Waals surface area contributed by atoms with Crippen LogP contribution in [-0.2, 0) is 10.8 Å². The molecule has 372 valence electrons. The molecule has 11 aromatic carbocycles. The van der Waals surface area contributed by atoms with Gasteiger partial charge in [-0.2, -0.15) is 0 Å². The van der Waals surface area contributed by atoms with Gasteiger partial charge in [-0.05, 0) is 93.1 Å². The minimum atomic E-state index is -0.125. The van der Waals surface area contributed by atoms with Crippen molar-refractivity contribution in [1.29, 1.82) is 0 Å². The molecule has 0 aliphatic rings. The summed E-state index contributed by atoms with van der Waals surface area (Å²) >= 11 is 0. The number of benzene rings is 11. The van der Waals surface area contributed by atoms with Crippen LogP contribution in [0.25, 0.3) is 98.8 Å². The van der Waals surface area contributed by atoms with Gasteiger partial charge >= 0.3 is 0 Å². The lowest BCUT2D eigenvalue weighted by molar-refractivity contribution is 0.572. The van der Waals surface area contributed by atoms with Gasteiger partial charge in [-0.1, -0.05) is 211 Å². The lowest BCUT2D eigenvalue weighted by atomic mass is 9.86. The zero-order valence-corrected chi connectivity index (χ0v) is 44.1. The summed E-state index contributed by atoms with van der Waals surface area (Å²) in [5.41, 5.74) is 17.6. The molecule has 3 aromatic heterocycles. The number of anilines is 6. The quantitative estimate of drug-likeness (QED) is 0.152. The molecule has 77 heavy (non-hydrogen) atoms. The van der Waals surface area contributed by atoms with Crippen molar-refractivity contribution in [3.8, 4) is 22.3 Å². The third-order valence-corrected chi connectivity index (χ3v) is 15.5. The summed E-state index contributed by atoms with van der Waals surface area (Å²) in [5, 5.41) is 8.59. The van der Waals surface area contributed by atoms with Gasteiger partial charge in [0.1, 0.15) is 22.3 Å². The second-order valence-electron chi connectivity index (χ2n) is 22.5. The first-order valence-electron chi connectivity index (χ1n) is 26.6. The number of para-hydroxylation sites is 4. The van der Waals surface area contributed by atoms with Crippen LogP contribution < -0.4 is 9.80 Å². The third kappa shape index (κ3) is 7.67. The van der Waals surface area contributed by atoms with E-state index in [9.17, 15) is 0 Å². The predicted molar refractivity (Wildman–Crippen MR) is 323 cm³/mol. The Hall–Kier alpha value is -9.32. The number of nitrogens with zero attached hydrogens (tertiary/aromatic N) is 2. The van der Waals surface area contributed by atoms with Crippen LogP contribution in [0.1, 0.15) is 52.7 Å². The first-order valence-corrected chi connectivity index (χ1v) is 26.6. The zero-order chi connectivity index (χ0) is 52.2. The first-order chi connectivity index (χ1) is 37.5. The van der Waals surface area contributed by atoms with Gasteiger partial charge in [0.2, 0.25) is 0 Å². The Balaban J connectivity index is 1.01. The molecule has 5 heteroatoms. The van der Waals surface area contributed by atoms with E-state index in [1.54, 1.807) is 0 Å². The van der Waals surface area contributed by atoms with Crippen LogP contribution in [0, 0.1) is 0 Å². The summed E-state index contributed by atoms with van der Waals surface area (Å²) in [4.78, 5) is 4.72. The Morgan fingerprint density at radius 3 is 1.25 bits per heavy atom. The van der Waals surface area contributed by atoms with E-state index in [-0.39, 0.29) is 10.8 Å². The number of fused-ring (bicyclic) bond motifs is 11. The van der Waals surface area contributed by atoms with Gasteiger partial charge in [0.05, 0.1) is 17.1 Å². The van der Waals surface area contributed by atoms with E-state index in [0.717, 1.165) is 133 Å². The van der Waals surface area contributed by atoms with E-state index in [1.807, 2.05) is 0 Å². The molecule has 0 N–H and O–H groups in total. The van der Waals surface area contributed by atoms with Gasteiger partial charge in [-0.15, -0.1) is 0 Å². The van der Waals surface area contributed by atoms with Crippen LogP contribution in [0.5, 0.6) is 0 Å². The standard InChI is InChI=1S/C72H56N2O3/c1-71(2,3)59-35-17-31-54-56-33-19-37-61(69(56)76-67(54)59)73(49-27-15-25-47(41-49)45-21-9-7-10-22-45)51-39-40-64-58(43-51)66-53-30-14-13-29-52(53)63(44-65(66)75-64)74(50-28-16-26-48(42-50)46-23-11-8-12-24-46)62-38-20-34-57-55-32-18-36-60(72(4,5)6)68(55)77-70(57)62/h7-44H,1-6H3. The number of hydrogen-bond acceptors (Lipinski definition) is 5. The predicted octanol–water partition coefficient (Wildman–Crippen LogP) is 21.4. The van der Waals surface area contributed by atoms with Crippen molar-refractivity contribution < 1.29 is 13.3 Å². The maximum absolute atomic E-state index is 7.16. The summed E-state index contributed by atoms with van der Waals surface area (Å²) in [6.07, 6.45) is 0. The van der Waals surface area contributed by atoms with Crippen molar-refractivity contribution in [2.45, 2.75) is 52.4 Å². The molecule has 0 radical (unpaired) electrons. The highest BCUT2D eigenvalue weighted by molar-refractivity contribution is 6.24. The molecule has 0 saturated heterocycles. The van der Waals surface area contributed by atoms with Crippen LogP contribution in [-0.4, -0.2) is 0 Å². The monoisotopic (exact) mass is 996 g/mol. The molecule has 0 bridgehead atoms. The molecule has 0 amide bonds. The second-order valence-corrected chi connectivity index (χ2v) is 22.5. The topological polar surface area (TPSA) is 45.9 Å². The van der Waals surface area contributed by atoms with Crippen molar-refractivity contribution >= 4 is 111 Å². The summed E-state index contributed by atoms with van der Waals surface area (Å²) in [7, 11) is 0. The number of rotatable bonds is 8. The third-order valence-electron chi connectivity index (χ3n) is 15.5. The lowest BCUT2D eigenvalue weighted by Crippen LogP contribution is -2.11. The molecule has 0 atom stereocenters. The summed E-state index contributed by atoms with van der Waals surface area (Å²) in [6.45, 7) is 13.5. The van der Waals surface area contributed by atoms with E-state index < -0.39 is 0 Å². The Kier molecular flexibility index (Phi) is 10.6. The van der Waals surface area contributed by atoms with Crippen molar-refractivity contribution in [2.24, 2.45) is 0 Å². The van der Waals surface area contributed by atoms with E-state index in [1.165, 1.54) is 11.1 Å². The molecule has 3 heterocycles. The van der Waals surface area contributed by atoms with E-state index in [0.29, 0.717) is 0 Å². The average Bonchev–Trinajstić information content (AvgIpc) is 4.37. The molecule has 14 rings (SSSR count). The van der Waals surface area contributed by atoms with Crippen LogP contribution in [0.2, 0.25) is 0 Å². The molecule has 0 fully saturated rings. The van der Waals surface area contributed by atoms with Gasteiger partial charge in [-0.3, -0.25) is 0 Å². The molecular weight excluding hydrogens is 941 g/mol. The Morgan fingerprint density at radius 2 is 0.701 bits per heavy atom. The lowest BCUT2D eigenvalue weighted by Gasteiger charge is -2.27. The highest BCUT2D eigenvalue weighted by Crippen LogP contribution is 2.51. The van der Waals surface area contributed by atoms with Gasteiger partial charge < -0.3 is 23.1 Å². The van der Waals surface area contributed by atoms with Crippen LogP contribution in [0.15, 0.2) is 244 Å². The molecule has 0 aliphatic carbocycles. The van der Waals surface area contributed by atoms with Crippen molar-refractivity contribution in [3.63, 3.8) is 0 Å². The Labute approximate surface area is 447 Å². The van der Waals surface area contributed by atoms with E-state index in [4.69, 9.17) is 13.3 Å². The minimum absolute atomic E-state index is 0.118. The average molecular weight is 997 g/mol. The molecular formula is C72H56N2O3. The SMILES string of the molecule is CC(C)(C)c1cccc2c1oc1c(N(c3cccc(-c4ccccc4)c3)c3ccc4oc5cc(N(c6cccc(-c7ccccc7)c6)c6cccc7c6oc6c(C(C)(C)C)cccc67)c6ccccc6c5c4c3)cccc12. The van der Waals surface area contributed by atoms with Gasteiger partial charge in [0.25, 0.3) is 0 Å². The highest BCUT2D eigenvalue weighted by Gasteiger charge is 2.28. The fraction of sp³-hybridized carbons (Fsp3) is 0.111. The normalized spacial score (nSPS) is 12.3. The maximum Gasteiger partial charge on any atom is 0.159 e. The first kappa shape index (κ1) is 46.2. The minimum Gasteiger partial charge on any atom is -0.456 e. The maximum atomic E-state index is 7.16. The van der Waals surface area contributed by atoms with E-state index >= 15 is 0 Å². The Bertz CT molecular complexity index is 4600. The van der Waals surface area contributed by atoms with Crippen LogP contribution >= 0.6 is 0 Å². The number of furan rings is 3. The molecule has 0 unspecified atom stereocenters. The Morgan fingerprint density at radius 1 is 0.273 bits per heavy atom. The van der Waals surface area contributed by atoms with Gasteiger partial charge in [0.15, 0.2) is 11.2 Å². The zero-order valence-electron chi connectivity index (χ0n) is 44.1. The van der Waals surface area contributed by atoms with Gasteiger partial charge in [0, 0.05) is 72.0 Å². The van der Waals surface area contributed by atoms with Crippen molar-refractivity contribution in [1.82, 2.24) is 0 Å². The van der Waals surface area contributed by atoms with E-state index in [2.05, 4.69) is 282 Å². The summed E-state index contributed by atoms with van der Waals surface area (Å²) < 4.78 is 21.4. The second kappa shape index (κ2) is 17.6. The largest absolute Gasteiger partial charge is 0.456 e. The van der Waals surface area contributed by atoms with Crippen LogP contribution in [0.3, 0.4) is 0 Å². The molecule has 0 aliphatic heterocycles. The molecule has 14 aromatic rings. The molecule has 5 nitrogen and oxygen atoms in total. The van der Waals surface area contributed by atoms with Gasteiger partial charge in [-0.25, -0.2) is 0 Å². The highest BCUT2D eigenvalue weighted by atomic mass is 16.3. The number of hydrogen-bond donors (Lipinski definition) is 0. The molecule has 0 saturated carbocycles. The summed E-state index contributed by atoms with van der Waals surface area (Å²) in [5.74, 6) is 0. The van der Waals surface area contributed by atoms with Crippen molar-refractivity contribution in [2.75, 3.05) is 9.80 Å². The smallest absolute Gasteiger partial charge is 0.159 e. The van der Waals surface area contributed by atoms with Crippen LogP contribution in [0.4, 0.5) is 34.1 Å². The fourth-order valence-corrected chi connectivity index (χ4v) is 11.8. The van der Waals surface area contributed by atoms with Crippen molar-refractivity contribution in [3.05, 3.63) is 242 Å². The summed E-state index contributed by atoms with van der Waals surface area (Å²) in [6, 6.07) is 82.6. The fourth-order valence-electron chi connectivity index (χ4n) is 11.8.